The fraction of sp³-hybridized carbons (Fsp3) is 0.306. The molecule has 0 saturated carbocycles. The van der Waals surface area contributed by atoms with Gasteiger partial charge in [0.05, 0.1) is 91.6 Å². The van der Waals surface area contributed by atoms with Crippen LogP contribution in [0.5, 0.6) is 0 Å². The van der Waals surface area contributed by atoms with Crippen LogP contribution in [0.2, 0.25) is 20.1 Å². The summed E-state index contributed by atoms with van der Waals surface area (Å²) in [4.78, 5) is 173. The van der Waals surface area contributed by atoms with Crippen LogP contribution in [0.25, 0.3) is 65.7 Å². The number of nitrogens with two attached hydrogens (primary N) is 1. The van der Waals surface area contributed by atoms with Crippen molar-refractivity contribution in [1.82, 2.24) is 109 Å². The number of carbonyl (C=O) groups excluding carboxylic acids is 8. The highest BCUT2D eigenvalue weighted by Crippen LogP contribution is 2.33. The average molecular weight is 2060 g/mol. The predicted octanol–water partition coefficient (Wildman–Crippen LogP) is 12.4. The number of nitrogens with one attached hydrogen (secondary N) is 9. The van der Waals surface area contributed by atoms with Crippen molar-refractivity contribution in [1.29, 1.82) is 0 Å². The van der Waals surface area contributed by atoms with Gasteiger partial charge in [-0.25, -0.2) is 52.4 Å². The third-order valence-corrected chi connectivity index (χ3v) is 23.3. The van der Waals surface area contributed by atoms with Crippen molar-refractivity contribution in [2.24, 2.45) is 0 Å². The van der Waals surface area contributed by atoms with Crippen molar-refractivity contribution in [2.75, 3.05) is 55.5 Å². The van der Waals surface area contributed by atoms with Crippen molar-refractivity contribution in [3.63, 3.8) is 0 Å². The fourth-order valence-corrected chi connectivity index (χ4v) is 16.9. The van der Waals surface area contributed by atoms with E-state index < -0.39 is 107 Å². The summed E-state index contributed by atoms with van der Waals surface area (Å²) in [5.41, 5.74) is 5.58. The maximum atomic E-state index is 13.6. The van der Waals surface area contributed by atoms with E-state index in [-0.39, 0.29) is 107 Å². The van der Waals surface area contributed by atoms with Crippen LogP contribution >= 0.6 is 46.4 Å². The van der Waals surface area contributed by atoms with E-state index >= 15 is 0 Å². The molecule has 0 bridgehead atoms. The van der Waals surface area contributed by atoms with Gasteiger partial charge in [-0.15, -0.1) is 20.4 Å². The van der Waals surface area contributed by atoms with E-state index in [2.05, 4.69) is 88.2 Å². The summed E-state index contributed by atoms with van der Waals surface area (Å²) >= 11 is 25.2. The molecule has 16 aromatic rings. The summed E-state index contributed by atoms with van der Waals surface area (Å²) in [7, 11) is 3.60. The lowest BCUT2D eigenvalue weighted by molar-refractivity contribution is -0.108. The molecule has 12 aromatic heterocycles. The van der Waals surface area contributed by atoms with E-state index in [1.54, 1.807) is 233 Å². The van der Waals surface area contributed by atoms with E-state index in [1.807, 2.05) is 32.2 Å². The monoisotopic (exact) mass is 2060 g/mol. The zero-order valence-corrected chi connectivity index (χ0v) is 84.4. The summed E-state index contributed by atoms with van der Waals surface area (Å²) in [5.74, 6) is -2.21. The Kier molecular flexibility index (Phi) is 33.3. The molecule has 4 aromatic carbocycles. The molecule has 43 nitrogen and oxygen atoms in total. The lowest BCUT2D eigenvalue weighted by Crippen LogP contribution is -2.36. The third-order valence-electron chi connectivity index (χ3n) is 22.1. The number of likely N-dealkylation sites (N-methyl/N-ethyl adjacent to an activating group) is 2. The normalized spacial score (nSPS) is 12.6. The number of amides is 7. The molecule has 758 valence electrons. The van der Waals surface area contributed by atoms with Gasteiger partial charge in [-0.3, -0.25) is 54.3 Å². The first kappa shape index (κ1) is 107. The summed E-state index contributed by atoms with van der Waals surface area (Å²) in [6.07, 6.45) is 9.53. The highest BCUT2D eigenvalue weighted by Gasteiger charge is 2.34. The minimum Gasteiger partial charge on any atom is -0.444 e. The smallest absolute Gasteiger partial charge is 0.413 e. The number of hydrogen-bond acceptors (Lipinski definition) is 28. The summed E-state index contributed by atoms with van der Waals surface area (Å²) in [6.45, 7) is 23.3. The quantitative estimate of drug-likeness (QED) is 0.0177. The second kappa shape index (κ2) is 45.3. The van der Waals surface area contributed by atoms with E-state index in [1.165, 1.54) is 45.8 Å². The Labute approximate surface area is 846 Å². The first-order valence-electron chi connectivity index (χ1n) is 45.4. The minimum atomic E-state index is -1.22. The van der Waals surface area contributed by atoms with Gasteiger partial charge in [0.1, 0.15) is 45.3 Å². The van der Waals surface area contributed by atoms with Gasteiger partial charge in [-0.05, 0) is 198 Å². The van der Waals surface area contributed by atoms with Gasteiger partial charge >= 0.3 is 18.3 Å². The molecule has 0 fully saturated rings. The molecule has 0 aliphatic carbocycles. The van der Waals surface area contributed by atoms with Crippen LogP contribution in [0.1, 0.15) is 178 Å². The van der Waals surface area contributed by atoms with Gasteiger partial charge in [-0.1, -0.05) is 94.9 Å². The molecular weight excluding hydrogens is 1960 g/mol. The number of aliphatic hydroxyl groups excluding tert-OH is 2. The van der Waals surface area contributed by atoms with Gasteiger partial charge in [-0.2, -0.15) is 0 Å². The van der Waals surface area contributed by atoms with Crippen molar-refractivity contribution in [3.8, 4) is 0 Å². The maximum Gasteiger partial charge on any atom is 0.413 e. The number of nitrogens with zero attached hydrogens (tertiary/aromatic N) is 16. The topological polar surface area (TPSA) is 548 Å². The predicted molar refractivity (Wildman–Crippen MR) is 549 cm³/mol. The highest BCUT2D eigenvalue weighted by molar-refractivity contribution is 6.37. The van der Waals surface area contributed by atoms with Crippen molar-refractivity contribution in [3.05, 3.63) is 277 Å². The lowest BCUT2D eigenvalue weighted by Gasteiger charge is -2.22. The molecule has 5 atom stereocenters. The Morgan fingerprint density at radius 1 is 0.407 bits per heavy atom. The van der Waals surface area contributed by atoms with Crippen LogP contribution in [0.15, 0.2) is 190 Å². The molecule has 0 aliphatic rings. The highest BCUT2D eigenvalue weighted by atomic mass is 35.5. The zero-order valence-electron chi connectivity index (χ0n) is 81.3. The molecule has 0 aliphatic heterocycles. The second-order valence-electron chi connectivity index (χ2n) is 36.2. The minimum absolute atomic E-state index is 0.000478. The number of carbonyl (C=O) groups is 8. The molecule has 7 amide bonds. The largest absolute Gasteiger partial charge is 0.444 e. The van der Waals surface area contributed by atoms with Gasteiger partial charge in [0.15, 0.2) is 45.9 Å². The van der Waals surface area contributed by atoms with E-state index in [0.29, 0.717) is 103 Å². The average Bonchev–Trinajstić information content (AvgIpc) is 1.76. The number of aliphatic hydroxyl groups is 2. The molecule has 0 radical (unpaired) electrons. The first-order valence-corrected chi connectivity index (χ1v) is 46.9. The molecule has 16 rings (SSSR count). The van der Waals surface area contributed by atoms with Crippen molar-refractivity contribution < 1.29 is 62.8 Å². The number of fused-ring (bicyclic) bond motifs is 8. The van der Waals surface area contributed by atoms with E-state index in [4.69, 9.17) is 66.3 Å². The summed E-state index contributed by atoms with van der Waals surface area (Å²) in [6, 6.07) is 31.7. The van der Waals surface area contributed by atoms with E-state index in [0.717, 1.165) is 0 Å². The zero-order chi connectivity index (χ0) is 105. The SMILES string of the molecule is CNCCn1c([C@H](C)NC(=O)c2c(N)nn3cccnc23)cc2cccc(Cl)c2c1=O.CNCCn1c([C@H](C)NC(=O)c2c(NC(=O)OC(C)(C)C)nn3cccnc23)cc2cccc(Cl)c2c1=O.C[C@H](NC(=O)c1c(NC(=O)OC(C)(C)C)nn2cccnc12)c1cc2cccc(Cl)c2c(=O)n1CC(O)CO.C[C@H](NC(=O)c1c(NC(=O)OC(C)(C)C)nn2cccnc12)c1cc2cccc(Cl)c2c(=O)n1CC=O. The fourth-order valence-electron chi connectivity index (χ4n) is 15.8. The number of ether oxygens (including phenoxy) is 3. The Balaban J connectivity index is 0.000000162. The van der Waals surface area contributed by atoms with Crippen molar-refractivity contribution in [2.45, 2.75) is 163 Å². The summed E-state index contributed by atoms with van der Waals surface area (Å²) in [5, 5.41) is 66.9. The van der Waals surface area contributed by atoms with Gasteiger partial charge in [0, 0.05) is 98.5 Å². The lowest BCUT2D eigenvalue weighted by atomic mass is 10.1. The number of aromatic nitrogens is 16. The number of rotatable bonds is 26. The number of pyridine rings is 4. The molecule has 0 spiro atoms. The van der Waals surface area contributed by atoms with Crippen LogP contribution in [0, 0.1) is 0 Å². The maximum absolute atomic E-state index is 13.6. The summed E-state index contributed by atoms with van der Waals surface area (Å²) < 4.78 is 27.3. The van der Waals surface area contributed by atoms with Crippen LogP contribution in [-0.2, 0) is 45.2 Å². The molecule has 145 heavy (non-hydrogen) atoms. The Morgan fingerprint density at radius 2 is 0.676 bits per heavy atom. The van der Waals surface area contributed by atoms with Crippen LogP contribution in [0.3, 0.4) is 0 Å². The Bertz CT molecular complexity index is 7950. The van der Waals surface area contributed by atoms with Crippen molar-refractivity contribution >= 4 is 184 Å². The molecule has 47 heteroatoms. The Hall–Kier alpha value is -15.6. The van der Waals surface area contributed by atoms with Gasteiger partial charge in [0.25, 0.3) is 45.9 Å². The third kappa shape index (κ3) is 24.6. The number of halogens is 4. The van der Waals surface area contributed by atoms with Crippen LogP contribution in [0.4, 0.5) is 37.7 Å². The number of benzene rings is 4. The van der Waals surface area contributed by atoms with Crippen LogP contribution in [-0.4, -0.2) is 192 Å². The molecule has 12 heterocycles. The number of anilines is 4. The molecule has 1 unspecified atom stereocenters. The standard InChI is InChI=1S/C26H30ClN7O4.C26H29ClN6O6.C25H25ClN6O5.C21H22ClN7O2/c1-15(18-14-16-8-6-9-17(27)19(16)24(36)33(18)13-11-28-5)30-23(35)20-21(31-25(37)38-26(2,3)4)32-34-12-7-10-29-22(20)34;1-14(18-11-15-7-5-8-17(27)19(15)24(37)32(18)12-16(35)13-34)29-23(36)20-21(30-25(38)39-26(2,3)4)31-33-10-6-9-28-22(20)33;1-14(17-13-15-7-5-8-16(26)18(15)23(35)31(17)11-12-33)28-22(34)19-20(29-24(36)37-25(2,3)4)30-32-10-6-9-27-21(19)32;1-12(26-20(30)17-18(23)27-29-9-4-7-25-19(17)29)15-11-13-5-3-6-14(22)16(13)21(31)28(15)10-8-24-2/h6-10,12,14-15,28H,11,13H2,1-5H3,(H,30,35)(H,31,32,37);5-11,14,16,34-35H,12-13H2,1-4H3,(H,29,36)(H,30,31,38);5-10,12-14H,11H2,1-4H3,(H,28,34)(H,29,30,36);3-7,9,11-12,24H,8,10H2,1-2H3,(H2,23,27)(H,26,30)/t15-;14-,16?;14-;12-/m0000/s1. The van der Waals surface area contributed by atoms with Gasteiger partial charge < -0.3 is 85.1 Å². The number of aldehydes is 1. The van der Waals surface area contributed by atoms with Crippen LogP contribution < -0.4 is 75.8 Å². The Morgan fingerprint density at radius 3 is 0.966 bits per heavy atom. The van der Waals surface area contributed by atoms with Gasteiger partial charge in [0.2, 0.25) is 0 Å². The molecule has 13 N–H and O–H groups in total. The molecular formula is C98H106Cl4N26O17. The number of nitrogen functional groups attached to an aromatic ring is 1. The second-order valence-corrected chi connectivity index (χ2v) is 37.8. The van der Waals surface area contributed by atoms with E-state index in [9.17, 15) is 67.7 Å². The number of hydrogen-bond donors (Lipinski definition) is 12. The molecule has 0 saturated heterocycles. The first-order chi connectivity index (χ1) is 68.8.